The zero-order valence-electron chi connectivity index (χ0n) is 14.0. The predicted octanol–water partition coefficient (Wildman–Crippen LogP) is 2.78. The zero-order valence-corrected chi connectivity index (χ0v) is 15.6. The van der Waals surface area contributed by atoms with Gasteiger partial charge in [-0.15, -0.1) is 11.3 Å². The van der Waals surface area contributed by atoms with Crippen LogP contribution in [0.15, 0.2) is 46.7 Å². The van der Waals surface area contributed by atoms with Crippen molar-refractivity contribution < 1.29 is 13.2 Å². The maximum atomic E-state index is 12.6. The third kappa shape index (κ3) is 4.68. The normalized spacial score (nSPS) is 15.8. The number of amides is 1. The maximum Gasteiger partial charge on any atom is 0.252 e. The van der Waals surface area contributed by atoms with Crippen LogP contribution in [0.25, 0.3) is 0 Å². The summed E-state index contributed by atoms with van der Waals surface area (Å²) < 4.78 is 27.2. The largest absolute Gasteiger partial charge is 0.352 e. The van der Waals surface area contributed by atoms with Crippen LogP contribution in [0, 0.1) is 0 Å². The Morgan fingerprint density at radius 2 is 1.76 bits per heavy atom. The van der Waals surface area contributed by atoms with E-state index in [4.69, 9.17) is 0 Å². The maximum absolute atomic E-state index is 12.6. The lowest BCUT2D eigenvalue weighted by Gasteiger charge is -2.25. The molecule has 0 spiro atoms. The molecule has 1 aromatic carbocycles. The monoisotopic (exact) mass is 378 g/mol. The lowest BCUT2D eigenvalue weighted by atomic mass is 10.2. The first kappa shape index (κ1) is 18.1. The van der Waals surface area contributed by atoms with E-state index in [1.807, 2.05) is 30.3 Å². The van der Waals surface area contributed by atoms with Crippen molar-refractivity contribution in [3.05, 3.63) is 52.9 Å². The molecule has 0 aliphatic carbocycles. The first-order valence-electron chi connectivity index (χ1n) is 8.45. The van der Waals surface area contributed by atoms with Crippen LogP contribution in [0.5, 0.6) is 0 Å². The van der Waals surface area contributed by atoms with E-state index < -0.39 is 10.0 Å². The van der Waals surface area contributed by atoms with Crippen molar-refractivity contribution in [1.82, 2.24) is 9.62 Å². The molecule has 3 rings (SSSR count). The van der Waals surface area contributed by atoms with E-state index in [1.54, 1.807) is 16.4 Å². The molecule has 1 fully saturated rings. The van der Waals surface area contributed by atoms with Crippen molar-refractivity contribution in [2.45, 2.75) is 36.4 Å². The van der Waals surface area contributed by atoms with Gasteiger partial charge in [0.05, 0.1) is 6.42 Å². The molecule has 1 aliphatic rings. The number of nitrogens with zero attached hydrogens (tertiary/aromatic N) is 1. The summed E-state index contributed by atoms with van der Waals surface area (Å²) in [6.45, 7) is 1.66. The predicted molar refractivity (Wildman–Crippen MR) is 98.9 cm³/mol. The fourth-order valence-corrected chi connectivity index (χ4v) is 5.87. The number of hydrogen-bond acceptors (Lipinski definition) is 4. The number of carbonyl (C=O) groups excluding carboxylic acids is 1. The summed E-state index contributed by atoms with van der Waals surface area (Å²) in [6, 6.07) is 13.1. The van der Waals surface area contributed by atoms with Crippen molar-refractivity contribution in [1.29, 1.82) is 0 Å². The second-order valence-electron chi connectivity index (χ2n) is 6.12. The van der Waals surface area contributed by atoms with E-state index in [1.165, 1.54) is 11.3 Å². The van der Waals surface area contributed by atoms with Gasteiger partial charge in [-0.1, -0.05) is 36.8 Å². The summed E-state index contributed by atoms with van der Waals surface area (Å²) >= 11 is 1.19. The van der Waals surface area contributed by atoms with Crippen molar-refractivity contribution in [2.24, 2.45) is 0 Å². The molecule has 134 valence electrons. The fraction of sp³-hybridized carbons (Fsp3) is 0.389. The zero-order chi connectivity index (χ0) is 17.7. The van der Waals surface area contributed by atoms with Gasteiger partial charge < -0.3 is 5.32 Å². The Bertz CT molecular complexity index is 810. The molecule has 2 heterocycles. The third-order valence-electron chi connectivity index (χ3n) is 4.21. The number of rotatable bonds is 6. The molecular formula is C18H22N2O3S2. The van der Waals surface area contributed by atoms with Crippen molar-refractivity contribution in [3.8, 4) is 0 Å². The number of benzene rings is 1. The van der Waals surface area contributed by atoms with Gasteiger partial charge in [0, 0.05) is 24.5 Å². The highest BCUT2D eigenvalue weighted by Gasteiger charge is 2.27. The highest BCUT2D eigenvalue weighted by atomic mass is 32.2. The second kappa shape index (κ2) is 8.12. The van der Waals surface area contributed by atoms with Crippen LogP contribution >= 0.6 is 11.3 Å². The van der Waals surface area contributed by atoms with Gasteiger partial charge in [0.25, 0.3) is 10.0 Å². The Morgan fingerprint density at radius 3 is 2.48 bits per heavy atom. The second-order valence-corrected chi connectivity index (χ2v) is 9.46. The topological polar surface area (TPSA) is 66.5 Å². The Morgan fingerprint density at radius 1 is 1.04 bits per heavy atom. The molecule has 25 heavy (non-hydrogen) atoms. The molecule has 1 amide bonds. The highest BCUT2D eigenvalue weighted by Crippen LogP contribution is 2.27. The summed E-state index contributed by atoms with van der Waals surface area (Å²) in [5, 5.41) is 2.87. The quantitative estimate of drug-likeness (QED) is 0.840. The highest BCUT2D eigenvalue weighted by molar-refractivity contribution is 7.91. The minimum absolute atomic E-state index is 0.104. The van der Waals surface area contributed by atoms with Crippen LogP contribution in [-0.2, 0) is 27.8 Å². The summed E-state index contributed by atoms with van der Waals surface area (Å²) in [5.74, 6) is -0.104. The van der Waals surface area contributed by atoms with Crippen molar-refractivity contribution in [3.63, 3.8) is 0 Å². The van der Waals surface area contributed by atoms with Crippen molar-refractivity contribution in [2.75, 3.05) is 13.1 Å². The van der Waals surface area contributed by atoms with E-state index >= 15 is 0 Å². The average molecular weight is 379 g/mol. The van der Waals surface area contributed by atoms with Gasteiger partial charge in [-0.2, -0.15) is 4.31 Å². The van der Waals surface area contributed by atoms with Gasteiger partial charge in [-0.3, -0.25) is 4.79 Å². The smallest absolute Gasteiger partial charge is 0.252 e. The number of carbonyl (C=O) groups is 1. The molecule has 1 saturated heterocycles. The molecule has 0 radical (unpaired) electrons. The molecule has 1 aromatic heterocycles. The molecule has 1 N–H and O–H groups in total. The molecular weight excluding hydrogens is 356 g/mol. The molecule has 0 saturated carbocycles. The number of sulfonamides is 1. The van der Waals surface area contributed by atoms with Gasteiger partial charge >= 0.3 is 0 Å². The van der Waals surface area contributed by atoms with E-state index in [-0.39, 0.29) is 12.3 Å². The van der Waals surface area contributed by atoms with Crippen LogP contribution in [-0.4, -0.2) is 31.7 Å². The van der Waals surface area contributed by atoms with Gasteiger partial charge in [0.2, 0.25) is 5.91 Å². The number of piperidine rings is 1. The fourth-order valence-electron chi connectivity index (χ4n) is 2.84. The van der Waals surface area contributed by atoms with Gasteiger partial charge in [0.15, 0.2) is 0 Å². The Kier molecular flexibility index (Phi) is 5.88. The first-order chi connectivity index (χ1) is 12.1. The summed E-state index contributed by atoms with van der Waals surface area (Å²) in [5.41, 5.74) is 1.04. The van der Waals surface area contributed by atoms with Gasteiger partial charge in [-0.05, 0) is 30.5 Å². The van der Waals surface area contributed by atoms with E-state index in [2.05, 4.69) is 5.32 Å². The number of hydrogen-bond donors (Lipinski definition) is 1. The summed E-state index contributed by atoms with van der Waals surface area (Å²) in [4.78, 5) is 12.8. The van der Waals surface area contributed by atoms with Gasteiger partial charge in [0.1, 0.15) is 4.21 Å². The standard InChI is InChI=1S/C18H22N2O3S2/c21-17(19-14-15-7-3-1-4-8-15)13-16-9-10-18(24-16)25(22,23)20-11-5-2-6-12-20/h1,3-4,7-10H,2,5-6,11-14H2,(H,19,21). The van der Waals surface area contributed by atoms with Crippen LogP contribution < -0.4 is 5.32 Å². The molecule has 7 heteroatoms. The minimum Gasteiger partial charge on any atom is -0.352 e. The van der Waals surface area contributed by atoms with E-state index in [0.29, 0.717) is 23.8 Å². The van der Waals surface area contributed by atoms with Crippen LogP contribution in [0.3, 0.4) is 0 Å². The average Bonchev–Trinajstić information content (AvgIpc) is 3.11. The van der Waals surface area contributed by atoms with Crippen molar-refractivity contribution >= 4 is 27.3 Å². The van der Waals surface area contributed by atoms with E-state index in [0.717, 1.165) is 29.7 Å². The first-order valence-corrected chi connectivity index (χ1v) is 10.7. The Balaban J connectivity index is 1.58. The van der Waals surface area contributed by atoms with Crippen LogP contribution in [0.2, 0.25) is 0 Å². The molecule has 0 unspecified atom stereocenters. The molecule has 1 aliphatic heterocycles. The third-order valence-corrected chi connectivity index (χ3v) is 7.66. The SMILES string of the molecule is O=C(Cc1ccc(S(=O)(=O)N2CCCCC2)s1)NCc1ccccc1. The molecule has 5 nitrogen and oxygen atoms in total. The summed E-state index contributed by atoms with van der Waals surface area (Å²) in [7, 11) is -3.41. The number of thiophene rings is 1. The van der Waals surface area contributed by atoms with Crippen LogP contribution in [0.1, 0.15) is 29.7 Å². The van der Waals surface area contributed by atoms with Crippen LogP contribution in [0.4, 0.5) is 0 Å². The van der Waals surface area contributed by atoms with Gasteiger partial charge in [-0.25, -0.2) is 8.42 Å². The molecule has 0 atom stereocenters. The molecule has 0 bridgehead atoms. The Labute approximate surface area is 152 Å². The Hall–Kier alpha value is -1.70. The lowest BCUT2D eigenvalue weighted by molar-refractivity contribution is -0.120. The molecule has 2 aromatic rings. The summed E-state index contributed by atoms with van der Waals surface area (Å²) in [6.07, 6.45) is 3.12. The number of nitrogens with one attached hydrogen (secondary N) is 1. The van der Waals surface area contributed by atoms with E-state index in [9.17, 15) is 13.2 Å². The minimum atomic E-state index is -3.41. The lowest BCUT2D eigenvalue weighted by Crippen LogP contribution is -2.35.